The van der Waals surface area contributed by atoms with Crippen molar-refractivity contribution in [1.82, 2.24) is 0 Å². The largest absolute Gasteiger partial charge is 0.507 e. The number of carboxylic acid groups (broad SMARTS) is 1. The smallest absolute Gasteiger partial charge is 0.341 e. The maximum Gasteiger partial charge on any atom is 0.341 e. The molecule has 0 aliphatic carbocycles. The lowest BCUT2D eigenvalue weighted by atomic mass is 9.95. The molecule has 2 N–H and O–H groups in total. The zero-order valence-electron chi connectivity index (χ0n) is 17.1. The van der Waals surface area contributed by atoms with Gasteiger partial charge in [-0.1, -0.05) is 42.5 Å². The zero-order chi connectivity index (χ0) is 23.5. The molecule has 0 saturated carbocycles. The second-order valence-electron chi connectivity index (χ2n) is 7.27. The van der Waals surface area contributed by atoms with Crippen molar-refractivity contribution in [2.24, 2.45) is 0 Å². The fourth-order valence-corrected chi connectivity index (χ4v) is 3.69. The normalized spacial score (nSPS) is 17.2. The number of carbonyl (C=O) groups is 3. The summed E-state index contributed by atoms with van der Waals surface area (Å²) in [4.78, 5) is 37.9. The molecule has 1 fully saturated rings. The van der Waals surface area contributed by atoms with Crippen molar-refractivity contribution in [2.45, 2.75) is 6.04 Å². The van der Waals surface area contributed by atoms with E-state index in [4.69, 9.17) is 9.84 Å². The van der Waals surface area contributed by atoms with Crippen LogP contribution in [0.25, 0.3) is 5.76 Å². The van der Waals surface area contributed by atoms with Crippen molar-refractivity contribution in [3.8, 4) is 5.75 Å². The van der Waals surface area contributed by atoms with E-state index in [0.29, 0.717) is 16.8 Å². The van der Waals surface area contributed by atoms with Crippen LogP contribution in [0.2, 0.25) is 0 Å². The van der Waals surface area contributed by atoms with Crippen molar-refractivity contribution >= 4 is 29.1 Å². The molecule has 3 aromatic rings. The minimum atomic E-state index is -1.14. The second-order valence-corrected chi connectivity index (χ2v) is 7.27. The number of rotatable bonds is 6. The van der Waals surface area contributed by atoms with E-state index in [1.54, 1.807) is 36.4 Å². The Morgan fingerprint density at radius 1 is 0.939 bits per heavy atom. The number of aliphatic carboxylic acids is 1. The highest BCUT2D eigenvalue weighted by Gasteiger charge is 2.47. The Balaban J connectivity index is 1.83. The fraction of sp³-hybridized carbons (Fsp3) is 0.0800. The molecular weight excluding hydrogens is 429 g/mol. The lowest BCUT2D eigenvalue weighted by Gasteiger charge is -2.25. The average molecular weight is 447 g/mol. The van der Waals surface area contributed by atoms with Gasteiger partial charge in [0, 0.05) is 11.3 Å². The number of nitrogens with zero attached hydrogens (tertiary/aromatic N) is 1. The van der Waals surface area contributed by atoms with Crippen LogP contribution in [-0.4, -0.2) is 34.5 Å². The standard InChI is InChI=1S/C25H18FNO6/c26-17-8-4-7-16(13-17)22-21(23(30)15-5-2-1-3-6-15)24(31)25(32)27(22)18-9-11-19(12-10-18)33-14-20(28)29/h1-13,22,30H,14H2,(H,28,29)/b23-21-. The van der Waals surface area contributed by atoms with Crippen LogP contribution in [0.1, 0.15) is 17.2 Å². The van der Waals surface area contributed by atoms with Gasteiger partial charge in [-0.2, -0.15) is 0 Å². The number of aliphatic hydroxyl groups excluding tert-OH is 1. The van der Waals surface area contributed by atoms with Crippen LogP contribution in [0.3, 0.4) is 0 Å². The van der Waals surface area contributed by atoms with E-state index in [1.807, 2.05) is 0 Å². The Morgan fingerprint density at radius 2 is 1.64 bits per heavy atom. The van der Waals surface area contributed by atoms with Crippen molar-refractivity contribution < 1.29 is 33.7 Å². The predicted octanol–water partition coefficient (Wildman–Crippen LogP) is 3.92. The van der Waals surface area contributed by atoms with Crippen LogP contribution >= 0.6 is 0 Å². The molecule has 7 nitrogen and oxygen atoms in total. The number of hydrogen-bond acceptors (Lipinski definition) is 5. The van der Waals surface area contributed by atoms with E-state index >= 15 is 0 Å². The molecule has 4 rings (SSSR count). The van der Waals surface area contributed by atoms with Crippen LogP contribution < -0.4 is 9.64 Å². The summed E-state index contributed by atoms with van der Waals surface area (Å²) in [6.45, 7) is -0.537. The summed E-state index contributed by atoms with van der Waals surface area (Å²) in [5.74, 6) is -3.61. The number of ether oxygens (including phenoxy) is 1. The highest BCUT2D eigenvalue weighted by atomic mass is 19.1. The van der Waals surface area contributed by atoms with Gasteiger partial charge in [-0.15, -0.1) is 0 Å². The summed E-state index contributed by atoms with van der Waals surface area (Å²) in [5.41, 5.74) is 0.774. The van der Waals surface area contributed by atoms with Crippen LogP contribution in [0, 0.1) is 5.82 Å². The Bertz CT molecular complexity index is 1250. The number of anilines is 1. The predicted molar refractivity (Wildman–Crippen MR) is 117 cm³/mol. The molecular formula is C25H18FNO6. The van der Waals surface area contributed by atoms with Gasteiger partial charge in [-0.05, 0) is 42.0 Å². The Morgan fingerprint density at radius 3 is 2.27 bits per heavy atom. The fourth-order valence-electron chi connectivity index (χ4n) is 3.69. The molecule has 166 valence electrons. The number of benzene rings is 3. The summed E-state index contributed by atoms with van der Waals surface area (Å²) >= 11 is 0. The van der Waals surface area contributed by atoms with E-state index in [9.17, 15) is 23.9 Å². The molecule has 1 atom stereocenters. The lowest BCUT2D eigenvalue weighted by Crippen LogP contribution is -2.29. The number of amides is 1. The third-order valence-corrected chi connectivity index (χ3v) is 5.13. The van der Waals surface area contributed by atoms with Gasteiger partial charge in [0.05, 0.1) is 11.6 Å². The monoisotopic (exact) mass is 447 g/mol. The van der Waals surface area contributed by atoms with Gasteiger partial charge < -0.3 is 14.9 Å². The maximum absolute atomic E-state index is 14.1. The molecule has 0 aromatic heterocycles. The molecule has 1 unspecified atom stereocenters. The number of ketones is 1. The Hall–Kier alpha value is -4.46. The minimum Gasteiger partial charge on any atom is -0.507 e. The van der Waals surface area contributed by atoms with Gasteiger partial charge in [0.2, 0.25) is 0 Å². The number of carboxylic acids is 1. The third-order valence-electron chi connectivity index (χ3n) is 5.13. The van der Waals surface area contributed by atoms with Gasteiger partial charge in [0.1, 0.15) is 17.3 Å². The van der Waals surface area contributed by atoms with Crippen molar-refractivity contribution in [2.75, 3.05) is 11.5 Å². The summed E-state index contributed by atoms with van der Waals surface area (Å²) < 4.78 is 19.2. The van der Waals surface area contributed by atoms with E-state index in [0.717, 1.165) is 0 Å². The Kier molecular flexibility index (Phi) is 5.91. The molecule has 33 heavy (non-hydrogen) atoms. The molecule has 3 aromatic carbocycles. The number of Topliss-reactive ketones (excluding diaryl/α,β-unsaturated/α-hetero) is 1. The Labute approximate surface area is 188 Å². The quantitative estimate of drug-likeness (QED) is 0.337. The van der Waals surface area contributed by atoms with E-state index < -0.39 is 36.1 Å². The summed E-state index contributed by atoms with van der Waals surface area (Å²) in [7, 11) is 0. The first-order chi connectivity index (χ1) is 15.9. The highest BCUT2D eigenvalue weighted by Crippen LogP contribution is 2.42. The van der Waals surface area contributed by atoms with Crippen LogP contribution in [-0.2, 0) is 14.4 Å². The first kappa shape index (κ1) is 21.8. The summed E-state index contributed by atoms with van der Waals surface area (Å²) in [5, 5.41) is 19.7. The average Bonchev–Trinajstić information content (AvgIpc) is 3.08. The number of carbonyl (C=O) groups excluding carboxylic acids is 2. The van der Waals surface area contributed by atoms with Crippen LogP contribution in [0.15, 0.2) is 84.4 Å². The molecule has 0 spiro atoms. The third kappa shape index (κ3) is 4.31. The maximum atomic E-state index is 14.1. The van der Waals surface area contributed by atoms with Gasteiger partial charge in [-0.25, -0.2) is 9.18 Å². The minimum absolute atomic E-state index is 0.164. The number of aliphatic hydroxyl groups is 1. The first-order valence-corrected chi connectivity index (χ1v) is 9.93. The molecule has 1 aliphatic heterocycles. The molecule has 8 heteroatoms. The molecule has 1 saturated heterocycles. The lowest BCUT2D eigenvalue weighted by molar-refractivity contribution is -0.139. The van der Waals surface area contributed by atoms with Crippen molar-refractivity contribution in [3.63, 3.8) is 0 Å². The van der Waals surface area contributed by atoms with Crippen LogP contribution in [0.5, 0.6) is 5.75 Å². The van der Waals surface area contributed by atoms with Gasteiger partial charge in [0.25, 0.3) is 11.7 Å². The molecule has 1 heterocycles. The summed E-state index contributed by atoms with van der Waals surface area (Å²) in [6, 6.07) is 18.6. The first-order valence-electron chi connectivity index (χ1n) is 9.93. The molecule has 0 bridgehead atoms. The molecule has 1 amide bonds. The second kappa shape index (κ2) is 8.96. The van der Waals surface area contributed by atoms with Gasteiger partial charge >= 0.3 is 5.97 Å². The van der Waals surface area contributed by atoms with E-state index in [1.165, 1.54) is 47.4 Å². The number of halogens is 1. The van der Waals surface area contributed by atoms with Gasteiger partial charge in [0.15, 0.2) is 6.61 Å². The van der Waals surface area contributed by atoms with E-state index in [-0.39, 0.29) is 17.1 Å². The number of hydrogen-bond donors (Lipinski definition) is 2. The van der Waals surface area contributed by atoms with E-state index in [2.05, 4.69) is 0 Å². The highest BCUT2D eigenvalue weighted by molar-refractivity contribution is 6.51. The molecule has 0 radical (unpaired) electrons. The summed E-state index contributed by atoms with van der Waals surface area (Å²) in [6.07, 6.45) is 0. The SMILES string of the molecule is O=C(O)COc1ccc(N2C(=O)C(=O)/C(=C(\O)c3ccccc3)C2c2cccc(F)c2)cc1. The zero-order valence-corrected chi connectivity index (χ0v) is 17.1. The van der Waals surface area contributed by atoms with Crippen molar-refractivity contribution in [3.05, 3.63) is 101 Å². The molecule has 1 aliphatic rings. The van der Waals surface area contributed by atoms with Crippen LogP contribution in [0.4, 0.5) is 10.1 Å². The van der Waals surface area contributed by atoms with Gasteiger partial charge in [-0.3, -0.25) is 14.5 Å². The topological polar surface area (TPSA) is 104 Å². The van der Waals surface area contributed by atoms with Crippen molar-refractivity contribution in [1.29, 1.82) is 0 Å².